The maximum Gasteiger partial charge on any atom is 0.270 e. The molecule has 1 N–H and O–H groups in total. The lowest BCUT2D eigenvalue weighted by Gasteiger charge is -2.04. The number of aliphatic hydroxyl groups is 1. The minimum absolute atomic E-state index is 0.101. The van der Waals surface area contributed by atoms with E-state index in [-0.39, 0.29) is 29.1 Å². The minimum Gasteiger partial charge on any atom is -0.504 e. The normalized spacial score (nSPS) is 13.7. The molecule has 0 aliphatic heterocycles. The second kappa shape index (κ2) is 9.33. The van der Waals surface area contributed by atoms with Crippen LogP contribution in [-0.2, 0) is 6.42 Å². The van der Waals surface area contributed by atoms with E-state index in [2.05, 4.69) is 22.1 Å². The first-order valence-electron chi connectivity index (χ1n) is 8.46. The zero-order valence-corrected chi connectivity index (χ0v) is 15.9. The second-order valence-electron chi connectivity index (χ2n) is 6.10. The number of nitrogens with zero attached hydrogens (tertiary/aromatic N) is 3. The molecule has 0 radical (unpaired) electrons. The number of allylic oxidation sites excluding steroid dienone is 1. The summed E-state index contributed by atoms with van der Waals surface area (Å²) in [6, 6.07) is 6.05. The summed E-state index contributed by atoms with van der Waals surface area (Å²) in [4.78, 5) is 4.63. The monoisotopic (exact) mass is 375 g/mol. The van der Waals surface area contributed by atoms with Gasteiger partial charge in [0.05, 0.1) is 11.3 Å². The number of halogens is 1. The summed E-state index contributed by atoms with van der Waals surface area (Å²) >= 11 is 5.04. The first-order valence-corrected chi connectivity index (χ1v) is 8.87. The molecule has 0 amide bonds. The first kappa shape index (κ1) is 19.9. The predicted molar refractivity (Wildman–Crippen MR) is 104 cm³/mol. The van der Waals surface area contributed by atoms with Gasteiger partial charge in [0.2, 0.25) is 5.89 Å². The quantitative estimate of drug-likeness (QED) is 0.307. The molecule has 0 unspecified atom stereocenters. The van der Waals surface area contributed by atoms with Crippen LogP contribution in [0.4, 0.5) is 4.39 Å². The summed E-state index contributed by atoms with van der Waals surface area (Å²) in [5.74, 6) is 0.230. The zero-order chi connectivity index (χ0) is 19.1. The van der Waals surface area contributed by atoms with E-state index in [0.717, 1.165) is 18.4 Å². The molecule has 1 aromatic heterocycles. The van der Waals surface area contributed by atoms with Crippen molar-refractivity contribution in [2.24, 2.45) is 10.9 Å². The molecule has 1 aromatic carbocycles. The maximum atomic E-state index is 13.0. The predicted octanol–water partition coefficient (Wildman–Crippen LogP) is 4.92. The molecule has 26 heavy (non-hydrogen) atoms. The van der Waals surface area contributed by atoms with Gasteiger partial charge in [-0.05, 0) is 37.0 Å². The van der Waals surface area contributed by atoms with Crippen molar-refractivity contribution in [3.05, 3.63) is 53.2 Å². The molecular formula is C19H22FN3O2S. The Balaban J connectivity index is 2.26. The largest absolute Gasteiger partial charge is 0.504 e. The molecule has 0 spiro atoms. The number of hydrogen-bond donors (Lipinski definition) is 1. The Morgan fingerprint density at radius 3 is 2.65 bits per heavy atom. The Morgan fingerprint density at radius 2 is 2.04 bits per heavy atom. The molecule has 2 rings (SSSR count). The third kappa shape index (κ3) is 5.56. The van der Waals surface area contributed by atoms with E-state index in [1.54, 1.807) is 25.3 Å². The topological polar surface area (TPSA) is 71.5 Å². The highest BCUT2D eigenvalue weighted by molar-refractivity contribution is 7.80. The Bertz CT molecular complexity index is 812. The van der Waals surface area contributed by atoms with Gasteiger partial charge in [0.25, 0.3) is 5.89 Å². The van der Waals surface area contributed by atoms with Gasteiger partial charge in [-0.3, -0.25) is 4.99 Å². The SMILES string of the molecule is CCC[C@@H](C)/C=N\C(=C(\O)C(C)=S)c1nnc(Cc2ccc(F)cc2)o1. The van der Waals surface area contributed by atoms with Crippen molar-refractivity contribution in [1.82, 2.24) is 10.2 Å². The van der Waals surface area contributed by atoms with Crippen molar-refractivity contribution in [3.63, 3.8) is 0 Å². The summed E-state index contributed by atoms with van der Waals surface area (Å²) in [5.41, 5.74) is 1.00. The van der Waals surface area contributed by atoms with E-state index >= 15 is 0 Å². The fraction of sp³-hybridized carbons (Fsp3) is 0.368. The van der Waals surface area contributed by atoms with Crippen LogP contribution in [0.2, 0.25) is 0 Å². The fourth-order valence-corrected chi connectivity index (χ4v) is 2.41. The van der Waals surface area contributed by atoms with E-state index in [1.165, 1.54) is 12.1 Å². The van der Waals surface area contributed by atoms with Crippen molar-refractivity contribution in [2.75, 3.05) is 0 Å². The highest BCUT2D eigenvalue weighted by atomic mass is 32.1. The van der Waals surface area contributed by atoms with Crippen molar-refractivity contribution in [1.29, 1.82) is 0 Å². The second-order valence-corrected chi connectivity index (χ2v) is 6.71. The van der Waals surface area contributed by atoms with Gasteiger partial charge in [-0.25, -0.2) is 4.39 Å². The Kier molecular flexibility index (Phi) is 7.15. The summed E-state index contributed by atoms with van der Waals surface area (Å²) in [7, 11) is 0. The van der Waals surface area contributed by atoms with Gasteiger partial charge in [-0.1, -0.05) is 44.6 Å². The molecule has 1 atom stereocenters. The van der Waals surface area contributed by atoms with Crippen LogP contribution in [0, 0.1) is 11.7 Å². The smallest absolute Gasteiger partial charge is 0.270 e. The molecule has 7 heteroatoms. The Hall–Kier alpha value is -2.41. The average Bonchev–Trinajstić information content (AvgIpc) is 3.05. The number of aliphatic hydroxyl groups excluding tert-OH is 1. The number of hydrogen-bond acceptors (Lipinski definition) is 6. The maximum absolute atomic E-state index is 13.0. The van der Waals surface area contributed by atoms with E-state index in [9.17, 15) is 9.50 Å². The van der Waals surface area contributed by atoms with E-state index in [1.807, 2.05) is 6.92 Å². The number of thiocarbonyl (C=S) groups is 1. The first-order chi connectivity index (χ1) is 12.4. The van der Waals surface area contributed by atoms with Gasteiger partial charge in [-0.2, -0.15) is 0 Å². The Morgan fingerprint density at radius 1 is 1.35 bits per heavy atom. The van der Waals surface area contributed by atoms with Gasteiger partial charge >= 0.3 is 0 Å². The number of aromatic nitrogens is 2. The Labute approximate surface area is 157 Å². The molecule has 0 saturated heterocycles. The number of rotatable bonds is 8. The van der Waals surface area contributed by atoms with Gasteiger partial charge in [0.1, 0.15) is 5.82 Å². The van der Waals surface area contributed by atoms with E-state index in [4.69, 9.17) is 16.6 Å². The molecule has 1 heterocycles. The van der Waals surface area contributed by atoms with Gasteiger partial charge in [0.15, 0.2) is 11.5 Å². The van der Waals surface area contributed by atoms with Crippen LogP contribution in [0.25, 0.3) is 5.70 Å². The van der Waals surface area contributed by atoms with E-state index in [0.29, 0.717) is 17.2 Å². The minimum atomic E-state index is -0.304. The van der Waals surface area contributed by atoms with Crippen LogP contribution >= 0.6 is 12.2 Å². The summed E-state index contributed by atoms with van der Waals surface area (Å²) < 4.78 is 18.6. The lowest BCUT2D eigenvalue weighted by atomic mass is 10.1. The van der Waals surface area contributed by atoms with Crippen LogP contribution in [-0.4, -0.2) is 26.4 Å². The van der Waals surface area contributed by atoms with Gasteiger partial charge in [0, 0.05) is 6.21 Å². The van der Waals surface area contributed by atoms with Gasteiger partial charge < -0.3 is 9.52 Å². The molecule has 0 fully saturated rings. The van der Waals surface area contributed by atoms with Crippen LogP contribution in [0.3, 0.4) is 0 Å². The summed E-state index contributed by atoms with van der Waals surface area (Å²) in [6.45, 7) is 5.74. The van der Waals surface area contributed by atoms with Crippen molar-refractivity contribution in [2.45, 2.75) is 40.0 Å². The van der Waals surface area contributed by atoms with Crippen LogP contribution in [0.15, 0.2) is 39.4 Å². The zero-order valence-electron chi connectivity index (χ0n) is 15.1. The number of benzene rings is 1. The molecule has 0 aliphatic carbocycles. The highest BCUT2D eigenvalue weighted by Gasteiger charge is 2.17. The molecule has 0 bridgehead atoms. The standard InChI is InChI=1S/C19H22FN3O2S/c1-4-5-12(2)11-21-17(18(24)13(3)26)19-23-22-16(25-19)10-14-6-8-15(20)9-7-14/h6-9,11-12,24H,4-5,10H2,1-3H3/b18-17+,21-11-/t12-/m1/s1. The highest BCUT2D eigenvalue weighted by Crippen LogP contribution is 2.21. The van der Waals surface area contributed by atoms with Crippen molar-refractivity contribution >= 4 is 29.0 Å². The van der Waals surface area contributed by atoms with E-state index < -0.39 is 0 Å². The number of aliphatic imine (C=N–C) groups is 1. The third-order valence-corrected chi connectivity index (χ3v) is 3.89. The molecule has 0 aliphatic rings. The lowest BCUT2D eigenvalue weighted by Crippen LogP contribution is -2.00. The molecule has 138 valence electrons. The lowest BCUT2D eigenvalue weighted by molar-refractivity contribution is 0.439. The third-order valence-electron chi connectivity index (χ3n) is 3.70. The van der Waals surface area contributed by atoms with Crippen LogP contribution < -0.4 is 0 Å². The average molecular weight is 375 g/mol. The van der Waals surface area contributed by atoms with Crippen molar-refractivity contribution < 1.29 is 13.9 Å². The molecule has 2 aromatic rings. The molecular weight excluding hydrogens is 353 g/mol. The summed E-state index contributed by atoms with van der Waals surface area (Å²) in [5, 5.41) is 18.2. The van der Waals surface area contributed by atoms with Gasteiger partial charge in [-0.15, -0.1) is 10.2 Å². The fourth-order valence-electron chi connectivity index (χ4n) is 2.31. The van der Waals surface area contributed by atoms with Crippen LogP contribution in [0.5, 0.6) is 0 Å². The van der Waals surface area contributed by atoms with Crippen molar-refractivity contribution in [3.8, 4) is 0 Å². The summed E-state index contributed by atoms with van der Waals surface area (Å²) in [6.07, 6.45) is 4.12. The van der Waals surface area contributed by atoms with Crippen LogP contribution in [0.1, 0.15) is 51.0 Å². The molecule has 0 saturated carbocycles. The molecule has 5 nitrogen and oxygen atoms in total.